The van der Waals surface area contributed by atoms with Gasteiger partial charge in [0.1, 0.15) is 0 Å². The van der Waals surface area contributed by atoms with Crippen LogP contribution in [0.2, 0.25) is 0 Å². The second-order valence-corrected chi connectivity index (χ2v) is 11.8. The second kappa shape index (κ2) is 10.3. The third-order valence-electron chi connectivity index (χ3n) is 9.43. The molecular formula is C33H36N6O2. The lowest BCUT2D eigenvalue weighted by Crippen LogP contribution is -2.46. The highest BCUT2D eigenvalue weighted by Crippen LogP contribution is 2.44. The number of carbonyl (C=O) groups excluding carboxylic acids is 2. The fraction of sp³-hybridized carbons (Fsp3) is 0.364. The number of benzene rings is 3. The van der Waals surface area contributed by atoms with Gasteiger partial charge in [0.05, 0.1) is 17.1 Å². The molecule has 0 radical (unpaired) electrons. The third kappa shape index (κ3) is 4.76. The molecule has 0 unspecified atom stereocenters. The molecule has 41 heavy (non-hydrogen) atoms. The van der Waals surface area contributed by atoms with Crippen molar-refractivity contribution < 1.29 is 9.59 Å². The van der Waals surface area contributed by atoms with E-state index in [1.54, 1.807) is 0 Å². The largest absolute Gasteiger partial charge is 0.369 e. The van der Waals surface area contributed by atoms with Gasteiger partial charge in [-0.3, -0.25) is 14.7 Å². The molecule has 4 aromatic rings. The van der Waals surface area contributed by atoms with Gasteiger partial charge < -0.3 is 19.6 Å². The molecule has 210 valence electrons. The number of piperazine rings is 1. The molecule has 4 heterocycles. The Balaban J connectivity index is 1.00. The molecular weight excluding hydrogens is 512 g/mol. The number of hydrogen-bond acceptors (Lipinski definition) is 5. The second-order valence-electron chi connectivity index (χ2n) is 11.8. The highest BCUT2D eigenvalue weighted by atomic mass is 16.2. The van der Waals surface area contributed by atoms with Crippen LogP contribution in [0.5, 0.6) is 0 Å². The van der Waals surface area contributed by atoms with Crippen molar-refractivity contribution >= 4 is 34.1 Å². The van der Waals surface area contributed by atoms with E-state index in [0.29, 0.717) is 32.5 Å². The monoisotopic (exact) mass is 548 g/mol. The molecule has 8 heteroatoms. The van der Waals surface area contributed by atoms with Crippen molar-refractivity contribution in [1.82, 2.24) is 20.0 Å². The molecule has 3 aliphatic heterocycles. The van der Waals surface area contributed by atoms with Gasteiger partial charge in [0.2, 0.25) is 5.91 Å². The Morgan fingerprint density at radius 2 is 1.54 bits per heavy atom. The third-order valence-corrected chi connectivity index (χ3v) is 9.43. The fourth-order valence-corrected chi connectivity index (χ4v) is 6.71. The smallest absolute Gasteiger partial charge is 0.253 e. The van der Waals surface area contributed by atoms with Crippen LogP contribution in [-0.2, 0) is 4.79 Å². The first-order valence-electron chi connectivity index (χ1n) is 14.7. The fourth-order valence-electron chi connectivity index (χ4n) is 6.71. The van der Waals surface area contributed by atoms with Gasteiger partial charge >= 0.3 is 0 Å². The van der Waals surface area contributed by atoms with E-state index in [4.69, 9.17) is 0 Å². The van der Waals surface area contributed by atoms with Crippen LogP contribution >= 0.6 is 0 Å². The molecule has 7 rings (SSSR count). The molecule has 8 nitrogen and oxygen atoms in total. The highest BCUT2D eigenvalue weighted by Gasteiger charge is 2.49. The predicted molar refractivity (Wildman–Crippen MR) is 162 cm³/mol. The normalized spacial score (nSPS) is 19.4. The van der Waals surface area contributed by atoms with Crippen molar-refractivity contribution in [3.8, 4) is 11.1 Å². The lowest BCUT2D eigenvalue weighted by Gasteiger charge is -2.38. The zero-order chi connectivity index (χ0) is 28.0. The molecule has 3 fully saturated rings. The summed E-state index contributed by atoms with van der Waals surface area (Å²) in [5.41, 5.74) is 5.65. The quantitative estimate of drug-likeness (QED) is 0.402. The SMILES string of the molecule is CN1CCN(c2ccc(C(=O)N3CCC4(CC3)CCN(c3cccc(-c5ccc6[nH]ncc6c5)c3)C4=O)cc2)CC1. The molecule has 1 N–H and O–H groups in total. The van der Waals surface area contributed by atoms with Gasteiger partial charge in [0, 0.05) is 68.1 Å². The van der Waals surface area contributed by atoms with Crippen molar-refractivity contribution in [2.75, 3.05) is 62.7 Å². The number of nitrogens with zero attached hydrogens (tertiary/aromatic N) is 5. The lowest BCUT2D eigenvalue weighted by molar-refractivity contribution is -0.127. The Morgan fingerprint density at radius 1 is 0.805 bits per heavy atom. The number of nitrogens with one attached hydrogen (secondary N) is 1. The van der Waals surface area contributed by atoms with Crippen molar-refractivity contribution in [3.63, 3.8) is 0 Å². The number of fused-ring (bicyclic) bond motifs is 1. The molecule has 0 saturated carbocycles. The minimum Gasteiger partial charge on any atom is -0.369 e. The summed E-state index contributed by atoms with van der Waals surface area (Å²) in [6, 6.07) is 22.6. The molecule has 1 aromatic heterocycles. The summed E-state index contributed by atoms with van der Waals surface area (Å²) in [5, 5.41) is 8.19. The molecule has 3 aromatic carbocycles. The van der Waals surface area contributed by atoms with Gasteiger partial charge in [-0.2, -0.15) is 5.10 Å². The molecule has 3 aliphatic rings. The predicted octanol–water partition coefficient (Wildman–Crippen LogP) is 4.64. The Bertz CT molecular complexity index is 1580. The van der Waals surface area contributed by atoms with E-state index in [-0.39, 0.29) is 17.2 Å². The minimum absolute atomic E-state index is 0.0642. The average molecular weight is 549 g/mol. The summed E-state index contributed by atoms with van der Waals surface area (Å²) in [6.45, 7) is 6.07. The topological polar surface area (TPSA) is 75.8 Å². The van der Waals surface area contributed by atoms with Gasteiger partial charge in [-0.25, -0.2) is 0 Å². The van der Waals surface area contributed by atoms with Crippen molar-refractivity contribution in [3.05, 3.63) is 78.5 Å². The maximum absolute atomic E-state index is 13.8. The van der Waals surface area contributed by atoms with Crippen LogP contribution in [0.25, 0.3) is 22.0 Å². The van der Waals surface area contributed by atoms with Gasteiger partial charge in [-0.15, -0.1) is 0 Å². The van der Waals surface area contributed by atoms with Crippen LogP contribution in [0.15, 0.2) is 72.9 Å². The summed E-state index contributed by atoms with van der Waals surface area (Å²) in [6.07, 6.45) is 4.09. The number of piperidine rings is 1. The van der Waals surface area contributed by atoms with Crippen LogP contribution in [0.3, 0.4) is 0 Å². The number of H-pyrrole nitrogens is 1. The summed E-state index contributed by atoms with van der Waals surface area (Å²) in [7, 11) is 2.15. The number of rotatable bonds is 4. The number of aromatic amines is 1. The van der Waals surface area contributed by atoms with Gasteiger partial charge in [0.15, 0.2) is 0 Å². The van der Waals surface area contributed by atoms with Crippen LogP contribution in [-0.4, -0.2) is 84.7 Å². The van der Waals surface area contributed by atoms with Gasteiger partial charge in [-0.1, -0.05) is 18.2 Å². The summed E-state index contributed by atoms with van der Waals surface area (Å²) >= 11 is 0. The van der Waals surface area contributed by atoms with Crippen molar-refractivity contribution in [2.24, 2.45) is 5.41 Å². The molecule has 0 atom stereocenters. The van der Waals surface area contributed by atoms with Crippen LogP contribution < -0.4 is 9.80 Å². The standard InChI is InChI=1S/C33H36N6O2/c1-36-17-19-37(20-18-36)28-8-5-24(6-9-28)31(40)38-14-11-33(12-15-38)13-16-39(32(33)41)29-4-2-3-25(22-29)26-7-10-30-27(21-26)23-34-35-30/h2-10,21-23H,11-20H2,1H3,(H,34,35). The molecule has 3 saturated heterocycles. The van der Waals surface area contributed by atoms with Crippen molar-refractivity contribution in [1.29, 1.82) is 0 Å². The van der Waals surface area contributed by atoms with Gasteiger partial charge in [0.25, 0.3) is 5.91 Å². The molecule has 2 amide bonds. The first-order valence-corrected chi connectivity index (χ1v) is 14.7. The number of carbonyl (C=O) groups is 2. The molecule has 0 bridgehead atoms. The zero-order valence-corrected chi connectivity index (χ0v) is 23.6. The minimum atomic E-state index is -0.381. The Labute approximate surface area is 240 Å². The first-order chi connectivity index (χ1) is 20.0. The Morgan fingerprint density at radius 3 is 2.32 bits per heavy atom. The van der Waals surface area contributed by atoms with Crippen LogP contribution in [0, 0.1) is 5.41 Å². The number of likely N-dealkylation sites (tertiary alicyclic amines) is 1. The van der Waals surface area contributed by atoms with E-state index in [1.807, 2.05) is 46.3 Å². The first kappa shape index (κ1) is 25.8. The maximum Gasteiger partial charge on any atom is 0.253 e. The number of likely N-dealkylation sites (N-methyl/N-ethyl adjacent to an activating group) is 1. The summed E-state index contributed by atoms with van der Waals surface area (Å²) in [4.78, 5) is 35.8. The molecule has 1 spiro atoms. The average Bonchev–Trinajstić information content (AvgIpc) is 3.62. The number of anilines is 2. The Kier molecular flexibility index (Phi) is 6.50. The number of hydrogen-bond donors (Lipinski definition) is 1. The maximum atomic E-state index is 13.8. The Hall–Kier alpha value is -4.17. The van der Waals surface area contributed by atoms with E-state index in [2.05, 4.69) is 63.4 Å². The highest BCUT2D eigenvalue weighted by molar-refractivity contribution is 6.01. The van der Waals surface area contributed by atoms with Crippen LogP contribution in [0.4, 0.5) is 11.4 Å². The van der Waals surface area contributed by atoms with E-state index in [0.717, 1.165) is 65.9 Å². The molecule has 0 aliphatic carbocycles. The summed E-state index contributed by atoms with van der Waals surface area (Å²) < 4.78 is 0. The van der Waals surface area contributed by atoms with Crippen molar-refractivity contribution in [2.45, 2.75) is 19.3 Å². The number of aromatic nitrogens is 2. The number of amides is 2. The van der Waals surface area contributed by atoms with E-state index in [9.17, 15) is 9.59 Å². The van der Waals surface area contributed by atoms with E-state index < -0.39 is 0 Å². The van der Waals surface area contributed by atoms with E-state index in [1.165, 1.54) is 5.69 Å². The zero-order valence-electron chi connectivity index (χ0n) is 23.6. The summed E-state index contributed by atoms with van der Waals surface area (Å²) in [5.74, 6) is 0.262. The van der Waals surface area contributed by atoms with Gasteiger partial charge in [-0.05, 0) is 86.0 Å². The van der Waals surface area contributed by atoms with E-state index >= 15 is 0 Å². The lowest BCUT2D eigenvalue weighted by atomic mass is 9.77. The van der Waals surface area contributed by atoms with Crippen LogP contribution in [0.1, 0.15) is 29.6 Å².